The number of hydrogen-bond donors (Lipinski definition) is 1. The lowest BCUT2D eigenvalue weighted by Crippen LogP contribution is -2.20. The van der Waals surface area contributed by atoms with E-state index in [1.54, 1.807) is 31.4 Å². The van der Waals surface area contributed by atoms with Gasteiger partial charge in [0.25, 0.3) is 5.91 Å². The Labute approximate surface area is 191 Å². The number of nitrogens with one attached hydrogen (secondary N) is 1. The van der Waals surface area contributed by atoms with Gasteiger partial charge < -0.3 is 19.5 Å². The molecular formula is C24H26N2O5S. The first kappa shape index (κ1) is 23.4. The molecule has 0 bridgehead atoms. The maximum atomic E-state index is 12.3. The first-order valence-corrected chi connectivity index (χ1v) is 11.4. The third kappa shape index (κ3) is 5.89. The summed E-state index contributed by atoms with van der Waals surface area (Å²) in [4.78, 5) is 25.5. The van der Waals surface area contributed by atoms with Crippen molar-refractivity contribution in [2.75, 3.05) is 25.6 Å². The molecule has 1 aromatic heterocycles. The van der Waals surface area contributed by atoms with Crippen LogP contribution in [0.3, 0.4) is 0 Å². The van der Waals surface area contributed by atoms with Crippen molar-refractivity contribution >= 4 is 34.3 Å². The molecule has 0 saturated carbocycles. The number of esters is 1. The number of nitrogens with zero attached hydrogens (tertiary/aromatic N) is 1. The van der Waals surface area contributed by atoms with Gasteiger partial charge in [0.05, 0.1) is 19.3 Å². The zero-order chi connectivity index (χ0) is 22.9. The van der Waals surface area contributed by atoms with E-state index in [1.807, 2.05) is 6.92 Å². The van der Waals surface area contributed by atoms with Crippen LogP contribution in [0.2, 0.25) is 0 Å². The number of methoxy groups -OCH3 is 1. The molecule has 1 aliphatic carbocycles. The van der Waals surface area contributed by atoms with Crippen molar-refractivity contribution in [3.05, 3.63) is 45.8 Å². The van der Waals surface area contributed by atoms with Crippen molar-refractivity contribution in [3.8, 4) is 17.6 Å². The van der Waals surface area contributed by atoms with Gasteiger partial charge in [-0.15, -0.1) is 11.3 Å². The third-order valence-corrected chi connectivity index (χ3v) is 6.24. The van der Waals surface area contributed by atoms with E-state index in [0.717, 1.165) is 43.2 Å². The lowest BCUT2D eigenvalue weighted by atomic mass is 10.1. The van der Waals surface area contributed by atoms with Crippen LogP contribution in [0.1, 0.15) is 47.8 Å². The zero-order valence-corrected chi connectivity index (χ0v) is 19.0. The zero-order valence-electron chi connectivity index (χ0n) is 18.2. The SMILES string of the molecule is CCOc1ccc(/C=C/C(=O)OCC(=O)Nc2sc3c(c2C#N)CCCCC3)cc1OC. The number of thiophene rings is 1. The molecule has 0 unspecified atom stereocenters. The maximum absolute atomic E-state index is 12.3. The van der Waals surface area contributed by atoms with Crippen LogP contribution in [-0.4, -0.2) is 32.2 Å². The molecule has 7 nitrogen and oxygen atoms in total. The van der Waals surface area contributed by atoms with Crippen molar-refractivity contribution in [3.63, 3.8) is 0 Å². The Balaban J connectivity index is 1.55. The van der Waals surface area contributed by atoms with Crippen LogP contribution in [0.4, 0.5) is 5.00 Å². The van der Waals surface area contributed by atoms with Crippen LogP contribution in [0.25, 0.3) is 6.08 Å². The highest BCUT2D eigenvalue weighted by atomic mass is 32.1. The summed E-state index contributed by atoms with van der Waals surface area (Å²) in [5.41, 5.74) is 2.32. The number of fused-ring (bicyclic) bond motifs is 1. The predicted molar refractivity (Wildman–Crippen MR) is 123 cm³/mol. The van der Waals surface area contributed by atoms with Crippen LogP contribution in [0, 0.1) is 11.3 Å². The second-order valence-electron chi connectivity index (χ2n) is 7.21. The first-order valence-electron chi connectivity index (χ1n) is 10.6. The highest BCUT2D eigenvalue weighted by Crippen LogP contribution is 2.37. The molecule has 1 aliphatic rings. The lowest BCUT2D eigenvalue weighted by molar-refractivity contribution is -0.142. The van der Waals surface area contributed by atoms with Crippen molar-refractivity contribution in [1.82, 2.24) is 0 Å². The Hall–Kier alpha value is -3.31. The van der Waals surface area contributed by atoms with Crippen LogP contribution >= 0.6 is 11.3 Å². The fourth-order valence-electron chi connectivity index (χ4n) is 3.52. The number of hydrogen-bond acceptors (Lipinski definition) is 7. The molecule has 0 fully saturated rings. The second kappa shape index (κ2) is 11.3. The van der Waals surface area contributed by atoms with Gasteiger partial charge in [0.2, 0.25) is 0 Å². The molecule has 0 spiro atoms. The Morgan fingerprint density at radius 1 is 1.22 bits per heavy atom. The van der Waals surface area contributed by atoms with Gasteiger partial charge in [-0.1, -0.05) is 12.5 Å². The summed E-state index contributed by atoms with van der Waals surface area (Å²) >= 11 is 1.45. The molecule has 1 aromatic carbocycles. The Kier molecular flexibility index (Phi) is 8.28. The van der Waals surface area contributed by atoms with Gasteiger partial charge in [0.15, 0.2) is 18.1 Å². The summed E-state index contributed by atoms with van der Waals surface area (Å²) in [5.74, 6) is 0.0660. The first-order chi connectivity index (χ1) is 15.5. The minimum Gasteiger partial charge on any atom is -0.493 e. The monoisotopic (exact) mass is 454 g/mol. The fourth-order valence-corrected chi connectivity index (χ4v) is 4.78. The summed E-state index contributed by atoms with van der Waals surface area (Å²) in [6.07, 6.45) is 7.91. The van der Waals surface area contributed by atoms with E-state index in [2.05, 4.69) is 11.4 Å². The molecule has 2 aromatic rings. The standard InChI is InChI=1S/C24H26N2O5S/c1-3-30-19-11-9-16(13-20(19)29-2)10-12-23(28)31-15-22(27)26-24-18(14-25)17-7-5-4-6-8-21(17)32-24/h9-13H,3-8,15H2,1-2H3,(H,26,27)/b12-10+. The normalized spacial score (nSPS) is 13.0. The molecule has 0 aliphatic heterocycles. The molecule has 0 radical (unpaired) electrons. The summed E-state index contributed by atoms with van der Waals surface area (Å²) in [6.45, 7) is 1.97. The number of amides is 1. The second-order valence-corrected chi connectivity index (χ2v) is 8.32. The van der Waals surface area contributed by atoms with Crippen LogP contribution < -0.4 is 14.8 Å². The lowest BCUT2D eigenvalue weighted by Gasteiger charge is -2.09. The Morgan fingerprint density at radius 2 is 2.03 bits per heavy atom. The molecule has 1 heterocycles. The molecule has 0 saturated heterocycles. The van der Waals surface area contributed by atoms with Crippen molar-refractivity contribution in [2.45, 2.75) is 39.0 Å². The number of aryl methyl sites for hydroxylation is 1. The number of carbonyl (C=O) groups excluding carboxylic acids is 2. The molecule has 168 valence electrons. The molecule has 1 amide bonds. The number of benzene rings is 1. The van der Waals surface area contributed by atoms with Crippen LogP contribution in [0.15, 0.2) is 24.3 Å². The topological polar surface area (TPSA) is 97.6 Å². The fraction of sp³-hybridized carbons (Fsp3) is 0.375. The van der Waals surface area contributed by atoms with E-state index in [1.165, 1.54) is 22.3 Å². The van der Waals surface area contributed by atoms with Crippen molar-refractivity contribution in [1.29, 1.82) is 5.26 Å². The van der Waals surface area contributed by atoms with E-state index >= 15 is 0 Å². The maximum Gasteiger partial charge on any atom is 0.331 e. The molecule has 32 heavy (non-hydrogen) atoms. The van der Waals surface area contributed by atoms with Crippen molar-refractivity contribution in [2.24, 2.45) is 0 Å². The Bertz CT molecular complexity index is 1050. The highest BCUT2D eigenvalue weighted by Gasteiger charge is 2.21. The van der Waals surface area contributed by atoms with Gasteiger partial charge >= 0.3 is 5.97 Å². The van der Waals surface area contributed by atoms with Crippen LogP contribution in [-0.2, 0) is 27.2 Å². The highest BCUT2D eigenvalue weighted by molar-refractivity contribution is 7.16. The molecule has 0 atom stereocenters. The average molecular weight is 455 g/mol. The van der Waals surface area contributed by atoms with Crippen molar-refractivity contribution < 1.29 is 23.8 Å². The number of carbonyl (C=O) groups is 2. The minimum absolute atomic E-state index is 0.427. The predicted octanol–water partition coefficient (Wildman–Crippen LogP) is 4.49. The summed E-state index contributed by atoms with van der Waals surface area (Å²) in [5, 5.41) is 12.8. The van der Waals surface area contributed by atoms with E-state index in [-0.39, 0.29) is 0 Å². The minimum atomic E-state index is -0.643. The number of nitriles is 1. The summed E-state index contributed by atoms with van der Waals surface area (Å²) in [7, 11) is 1.54. The van der Waals surface area contributed by atoms with Crippen LogP contribution in [0.5, 0.6) is 11.5 Å². The van der Waals surface area contributed by atoms with E-state index in [0.29, 0.717) is 28.7 Å². The smallest absolute Gasteiger partial charge is 0.331 e. The van der Waals surface area contributed by atoms with Gasteiger partial charge in [0, 0.05) is 11.0 Å². The quantitative estimate of drug-likeness (QED) is 0.359. The number of anilines is 1. The van der Waals surface area contributed by atoms with Gasteiger partial charge in [-0.25, -0.2) is 4.79 Å². The Morgan fingerprint density at radius 3 is 2.78 bits per heavy atom. The van der Waals surface area contributed by atoms with E-state index in [4.69, 9.17) is 14.2 Å². The van der Waals surface area contributed by atoms with Gasteiger partial charge in [0.1, 0.15) is 11.1 Å². The molecule has 1 N–H and O–H groups in total. The van der Waals surface area contributed by atoms with E-state index in [9.17, 15) is 14.9 Å². The number of ether oxygens (including phenoxy) is 3. The average Bonchev–Trinajstić information content (AvgIpc) is 2.95. The third-order valence-electron chi connectivity index (χ3n) is 5.03. The summed E-state index contributed by atoms with van der Waals surface area (Å²) in [6, 6.07) is 7.51. The van der Waals surface area contributed by atoms with Gasteiger partial charge in [-0.2, -0.15) is 5.26 Å². The summed E-state index contributed by atoms with van der Waals surface area (Å²) < 4.78 is 15.8. The van der Waals surface area contributed by atoms with Gasteiger partial charge in [-0.3, -0.25) is 4.79 Å². The molecule has 8 heteroatoms. The molecular weight excluding hydrogens is 428 g/mol. The molecule has 3 rings (SSSR count). The van der Waals surface area contributed by atoms with E-state index < -0.39 is 18.5 Å². The largest absolute Gasteiger partial charge is 0.493 e. The number of rotatable bonds is 8. The van der Waals surface area contributed by atoms with Gasteiger partial charge in [-0.05, 0) is 61.9 Å².